The summed E-state index contributed by atoms with van der Waals surface area (Å²) in [6.07, 6.45) is 0. The summed E-state index contributed by atoms with van der Waals surface area (Å²) in [5.74, 6) is 0.609. The lowest BCUT2D eigenvalue weighted by atomic mass is 9.98. The normalized spacial score (nSPS) is 14.6. The van der Waals surface area contributed by atoms with Crippen molar-refractivity contribution < 1.29 is 4.79 Å². The second-order valence-corrected chi connectivity index (χ2v) is 7.75. The van der Waals surface area contributed by atoms with E-state index in [0.29, 0.717) is 12.5 Å². The molecule has 2 aromatic rings. The van der Waals surface area contributed by atoms with E-state index in [-0.39, 0.29) is 5.91 Å². The third kappa shape index (κ3) is 4.62. The Kier molecular flexibility index (Phi) is 6.04. The first-order valence-corrected chi connectivity index (χ1v) is 9.88. The van der Waals surface area contributed by atoms with Gasteiger partial charge in [0.2, 0.25) is 5.91 Å². The summed E-state index contributed by atoms with van der Waals surface area (Å²) >= 11 is 0. The van der Waals surface area contributed by atoms with Gasteiger partial charge in [-0.3, -0.25) is 4.79 Å². The fourth-order valence-electron chi connectivity index (χ4n) is 3.73. The van der Waals surface area contributed by atoms with Gasteiger partial charge in [-0.15, -0.1) is 0 Å². The summed E-state index contributed by atoms with van der Waals surface area (Å²) < 4.78 is 0. The molecule has 0 unspecified atom stereocenters. The van der Waals surface area contributed by atoms with Crippen LogP contribution in [0.15, 0.2) is 42.5 Å². The van der Waals surface area contributed by atoms with E-state index in [1.165, 1.54) is 22.4 Å². The molecule has 2 aromatic carbocycles. The van der Waals surface area contributed by atoms with Crippen LogP contribution in [0, 0.1) is 13.8 Å². The number of carbonyl (C=O) groups is 1. The summed E-state index contributed by atoms with van der Waals surface area (Å²) in [5.41, 5.74) is 6.10. The van der Waals surface area contributed by atoms with Gasteiger partial charge < -0.3 is 15.1 Å². The SMILES string of the molecule is Cc1cccc(N2CCN(C(=O)CNc3c(C)cccc3C(C)C)CC2)c1. The number of amides is 1. The third-order valence-corrected chi connectivity index (χ3v) is 5.34. The molecule has 0 spiro atoms. The van der Waals surface area contributed by atoms with E-state index in [4.69, 9.17) is 0 Å². The number of para-hydroxylation sites is 1. The van der Waals surface area contributed by atoms with Crippen molar-refractivity contribution in [2.45, 2.75) is 33.6 Å². The van der Waals surface area contributed by atoms with Gasteiger partial charge >= 0.3 is 0 Å². The van der Waals surface area contributed by atoms with Crippen LogP contribution in [0.4, 0.5) is 11.4 Å². The monoisotopic (exact) mass is 365 g/mol. The summed E-state index contributed by atoms with van der Waals surface area (Å²) in [7, 11) is 0. The molecule has 1 heterocycles. The molecule has 1 amide bonds. The Morgan fingerprint density at radius 3 is 2.41 bits per heavy atom. The predicted molar refractivity (Wildman–Crippen MR) is 114 cm³/mol. The number of hydrogen-bond acceptors (Lipinski definition) is 3. The zero-order valence-electron chi connectivity index (χ0n) is 17.0. The van der Waals surface area contributed by atoms with Crippen molar-refractivity contribution in [3.63, 3.8) is 0 Å². The molecule has 144 valence electrons. The second kappa shape index (κ2) is 8.47. The van der Waals surface area contributed by atoms with Gasteiger partial charge in [0.15, 0.2) is 0 Å². The summed E-state index contributed by atoms with van der Waals surface area (Å²) in [4.78, 5) is 17.0. The molecule has 1 aliphatic heterocycles. The van der Waals surface area contributed by atoms with Gasteiger partial charge in [0, 0.05) is 37.6 Å². The first kappa shape index (κ1) is 19.3. The molecule has 0 radical (unpaired) electrons. The smallest absolute Gasteiger partial charge is 0.241 e. The van der Waals surface area contributed by atoms with Crippen molar-refractivity contribution in [1.82, 2.24) is 4.90 Å². The van der Waals surface area contributed by atoms with Gasteiger partial charge in [-0.25, -0.2) is 0 Å². The number of benzene rings is 2. The van der Waals surface area contributed by atoms with Crippen molar-refractivity contribution in [2.24, 2.45) is 0 Å². The van der Waals surface area contributed by atoms with E-state index in [9.17, 15) is 4.79 Å². The maximum absolute atomic E-state index is 12.7. The van der Waals surface area contributed by atoms with Crippen molar-refractivity contribution >= 4 is 17.3 Å². The van der Waals surface area contributed by atoms with Gasteiger partial charge in [-0.1, -0.05) is 44.2 Å². The Balaban J connectivity index is 1.56. The van der Waals surface area contributed by atoms with Crippen LogP contribution in [0.1, 0.15) is 36.5 Å². The number of carbonyl (C=O) groups excluding carboxylic acids is 1. The zero-order chi connectivity index (χ0) is 19.4. The van der Waals surface area contributed by atoms with Crippen molar-refractivity contribution in [1.29, 1.82) is 0 Å². The standard InChI is InChI=1S/C23H31N3O/c1-17(2)21-10-6-8-19(4)23(21)24-16-22(27)26-13-11-25(12-14-26)20-9-5-7-18(3)15-20/h5-10,15,17,24H,11-14,16H2,1-4H3. The van der Waals surface area contributed by atoms with E-state index >= 15 is 0 Å². The minimum absolute atomic E-state index is 0.178. The van der Waals surface area contributed by atoms with Gasteiger partial charge in [0.05, 0.1) is 6.54 Å². The Morgan fingerprint density at radius 1 is 1.04 bits per heavy atom. The number of piperazine rings is 1. The summed E-state index contributed by atoms with van der Waals surface area (Å²) in [6.45, 7) is 12.3. The number of hydrogen-bond donors (Lipinski definition) is 1. The molecule has 0 atom stereocenters. The quantitative estimate of drug-likeness (QED) is 0.863. The van der Waals surface area contributed by atoms with Crippen LogP contribution < -0.4 is 10.2 Å². The van der Waals surface area contributed by atoms with Crippen molar-refractivity contribution in [2.75, 3.05) is 42.9 Å². The molecule has 0 saturated carbocycles. The van der Waals surface area contributed by atoms with Crippen LogP contribution in [0.3, 0.4) is 0 Å². The maximum Gasteiger partial charge on any atom is 0.241 e. The average Bonchev–Trinajstić information content (AvgIpc) is 2.66. The highest BCUT2D eigenvalue weighted by Gasteiger charge is 2.21. The topological polar surface area (TPSA) is 35.6 Å². The highest BCUT2D eigenvalue weighted by molar-refractivity contribution is 5.82. The summed E-state index contributed by atoms with van der Waals surface area (Å²) in [6, 6.07) is 14.9. The Labute approximate surface area is 163 Å². The lowest BCUT2D eigenvalue weighted by molar-refractivity contribution is -0.129. The van der Waals surface area contributed by atoms with Crippen LogP contribution >= 0.6 is 0 Å². The number of aryl methyl sites for hydroxylation is 2. The first-order chi connectivity index (χ1) is 13.0. The van der Waals surface area contributed by atoms with Crippen LogP contribution in [-0.2, 0) is 4.79 Å². The van der Waals surface area contributed by atoms with Gasteiger partial charge in [-0.2, -0.15) is 0 Å². The lowest BCUT2D eigenvalue weighted by Gasteiger charge is -2.36. The largest absolute Gasteiger partial charge is 0.376 e. The van der Waals surface area contributed by atoms with Gasteiger partial charge in [-0.05, 0) is 48.6 Å². The van der Waals surface area contributed by atoms with Crippen LogP contribution in [-0.4, -0.2) is 43.5 Å². The Hall–Kier alpha value is -2.49. The molecule has 27 heavy (non-hydrogen) atoms. The molecule has 1 fully saturated rings. The average molecular weight is 366 g/mol. The van der Waals surface area contributed by atoms with Crippen LogP contribution in [0.5, 0.6) is 0 Å². The molecule has 4 heteroatoms. The van der Waals surface area contributed by atoms with Gasteiger partial charge in [0.1, 0.15) is 0 Å². The molecule has 1 N–H and O–H groups in total. The number of nitrogens with one attached hydrogen (secondary N) is 1. The molecular formula is C23H31N3O. The third-order valence-electron chi connectivity index (χ3n) is 5.34. The maximum atomic E-state index is 12.7. The zero-order valence-corrected chi connectivity index (χ0v) is 17.0. The molecule has 3 rings (SSSR count). The number of anilines is 2. The van der Waals surface area contributed by atoms with E-state index in [0.717, 1.165) is 31.9 Å². The summed E-state index contributed by atoms with van der Waals surface area (Å²) in [5, 5.41) is 3.41. The Morgan fingerprint density at radius 2 is 1.74 bits per heavy atom. The van der Waals surface area contributed by atoms with Gasteiger partial charge in [0.25, 0.3) is 0 Å². The van der Waals surface area contributed by atoms with E-state index in [1.807, 2.05) is 4.90 Å². The minimum Gasteiger partial charge on any atom is -0.376 e. The van der Waals surface area contributed by atoms with E-state index in [1.54, 1.807) is 0 Å². The van der Waals surface area contributed by atoms with Crippen LogP contribution in [0.25, 0.3) is 0 Å². The van der Waals surface area contributed by atoms with E-state index < -0.39 is 0 Å². The van der Waals surface area contributed by atoms with Crippen molar-refractivity contribution in [3.05, 3.63) is 59.2 Å². The van der Waals surface area contributed by atoms with Crippen molar-refractivity contribution in [3.8, 4) is 0 Å². The molecule has 0 bridgehead atoms. The Bertz CT molecular complexity index is 792. The number of rotatable bonds is 5. The van der Waals surface area contributed by atoms with E-state index in [2.05, 4.69) is 80.4 Å². The first-order valence-electron chi connectivity index (χ1n) is 9.88. The second-order valence-electron chi connectivity index (χ2n) is 7.75. The fourth-order valence-corrected chi connectivity index (χ4v) is 3.73. The molecule has 1 saturated heterocycles. The molecule has 1 aliphatic rings. The molecular weight excluding hydrogens is 334 g/mol. The lowest BCUT2D eigenvalue weighted by Crippen LogP contribution is -2.50. The predicted octanol–water partition coefficient (Wildman–Crippen LogP) is 4.19. The molecule has 0 aliphatic carbocycles. The highest BCUT2D eigenvalue weighted by atomic mass is 16.2. The van der Waals surface area contributed by atoms with Crippen LogP contribution in [0.2, 0.25) is 0 Å². The molecule has 0 aromatic heterocycles. The minimum atomic E-state index is 0.178. The highest BCUT2D eigenvalue weighted by Crippen LogP contribution is 2.27. The fraction of sp³-hybridized carbons (Fsp3) is 0.435. The molecule has 4 nitrogen and oxygen atoms in total. The number of nitrogens with zero attached hydrogens (tertiary/aromatic N) is 2.